The van der Waals surface area contributed by atoms with E-state index in [0.29, 0.717) is 24.4 Å². The largest absolute Gasteiger partial charge is 0.324 e. The summed E-state index contributed by atoms with van der Waals surface area (Å²) in [6.45, 7) is 3.93. The molecule has 3 rings (SSSR count). The molecule has 1 fully saturated rings. The molecule has 5 nitrogen and oxygen atoms in total. The molecule has 1 aromatic carbocycles. The molecule has 0 spiro atoms. The van der Waals surface area contributed by atoms with Crippen LogP contribution in [0.4, 0.5) is 5.69 Å². The van der Waals surface area contributed by atoms with Gasteiger partial charge in [0.25, 0.3) is 0 Å². The quantitative estimate of drug-likeness (QED) is 0.926. The zero-order chi connectivity index (χ0) is 16.1. The maximum atomic E-state index is 12.5. The predicted molar refractivity (Wildman–Crippen MR) is 86.9 cm³/mol. The van der Waals surface area contributed by atoms with E-state index >= 15 is 0 Å². The van der Waals surface area contributed by atoms with Crippen LogP contribution in [0.15, 0.2) is 16.9 Å². The van der Waals surface area contributed by atoms with Gasteiger partial charge in [-0.25, -0.2) is 0 Å². The number of carbonyl (C=O) groups is 1. The van der Waals surface area contributed by atoms with Gasteiger partial charge in [-0.2, -0.15) is 5.26 Å². The highest BCUT2D eigenvalue weighted by atomic mass is 32.1. The minimum atomic E-state index is -0.898. The van der Waals surface area contributed by atoms with E-state index < -0.39 is 5.41 Å². The summed E-state index contributed by atoms with van der Waals surface area (Å²) >= 11 is 1.15. The number of amides is 1. The molecule has 1 heterocycles. The van der Waals surface area contributed by atoms with Crippen LogP contribution >= 0.6 is 11.3 Å². The number of aryl methyl sites for hydroxylation is 2. The Morgan fingerprint density at radius 3 is 2.77 bits per heavy atom. The molecule has 22 heavy (non-hydrogen) atoms. The fourth-order valence-corrected chi connectivity index (χ4v) is 4.01. The summed E-state index contributed by atoms with van der Waals surface area (Å²) in [5.41, 5.74) is 1.52. The minimum absolute atomic E-state index is 0.0285. The van der Waals surface area contributed by atoms with Crippen molar-refractivity contribution in [2.75, 3.05) is 5.32 Å². The maximum absolute atomic E-state index is 12.5. The van der Waals surface area contributed by atoms with Gasteiger partial charge in [0.1, 0.15) is 5.41 Å². The molecule has 1 aromatic heterocycles. The van der Waals surface area contributed by atoms with Crippen molar-refractivity contribution in [3.05, 3.63) is 27.4 Å². The van der Waals surface area contributed by atoms with Gasteiger partial charge < -0.3 is 9.88 Å². The smallest absolute Gasteiger partial charge is 0.307 e. The zero-order valence-corrected chi connectivity index (χ0v) is 13.6. The number of aromatic nitrogens is 1. The molecule has 0 unspecified atom stereocenters. The molecule has 1 aliphatic carbocycles. The average molecular weight is 315 g/mol. The third kappa shape index (κ3) is 2.13. The number of hydrogen-bond acceptors (Lipinski definition) is 4. The van der Waals surface area contributed by atoms with Crippen LogP contribution in [0, 0.1) is 29.6 Å². The van der Waals surface area contributed by atoms with E-state index in [1.54, 1.807) is 11.6 Å². The van der Waals surface area contributed by atoms with E-state index in [2.05, 4.69) is 11.4 Å². The summed E-state index contributed by atoms with van der Waals surface area (Å²) in [4.78, 5) is 24.2. The Balaban J connectivity index is 1.94. The average Bonchev–Trinajstić information content (AvgIpc) is 2.71. The lowest BCUT2D eigenvalue weighted by atomic mass is 9.63. The third-order valence-electron chi connectivity index (χ3n) is 4.43. The fraction of sp³-hybridized carbons (Fsp3) is 0.438. The Morgan fingerprint density at radius 2 is 2.18 bits per heavy atom. The molecule has 0 saturated heterocycles. The molecule has 1 amide bonds. The Morgan fingerprint density at radius 1 is 1.50 bits per heavy atom. The first-order valence-electron chi connectivity index (χ1n) is 7.19. The van der Waals surface area contributed by atoms with Gasteiger partial charge >= 0.3 is 4.87 Å². The lowest BCUT2D eigenvalue weighted by molar-refractivity contribution is -0.128. The number of thiazole rings is 1. The van der Waals surface area contributed by atoms with Crippen LogP contribution in [0.5, 0.6) is 0 Å². The minimum Gasteiger partial charge on any atom is -0.324 e. The van der Waals surface area contributed by atoms with E-state index in [4.69, 9.17) is 0 Å². The maximum Gasteiger partial charge on any atom is 0.307 e. The van der Waals surface area contributed by atoms with Crippen molar-refractivity contribution in [2.24, 2.45) is 18.4 Å². The molecular formula is C16H17N3O2S. The lowest BCUT2D eigenvalue weighted by Crippen LogP contribution is -2.45. The van der Waals surface area contributed by atoms with E-state index in [1.165, 1.54) is 0 Å². The molecule has 114 valence electrons. The number of nitrogens with zero attached hydrogens (tertiary/aromatic N) is 2. The molecule has 0 radical (unpaired) electrons. The van der Waals surface area contributed by atoms with Crippen molar-refractivity contribution in [3.63, 3.8) is 0 Å². The summed E-state index contributed by atoms with van der Waals surface area (Å²) in [5, 5.41) is 12.2. The topological polar surface area (TPSA) is 74.9 Å². The second-order valence-corrected chi connectivity index (χ2v) is 7.22. The predicted octanol–water partition coefficient (Wildman–Crippen LogP) is 2.79. The van der Waals surface area contributed by atoms with Crippen LogP contribution in [0.2, 0.25) is 0 Å². The van der Waals surface area contributed by atoms with Gasteiger partial charge in [0.05, 0.1) is 16.3 Å². The number of anilines is 1. The number of nitriles is 1. The van der Waals surface area contributed by atoms with Crippen molar-refractivity contribution < 1.29 is 4.79 Å². The Labute approximate surface area is 132 Å². The second-order valence-electron chi connectivity index (χ2n) is 6.22. The van der Waals surface area contributed by atoms with E-state index in [1.807, 2.05) is 26.0 Å². The van der Waals surface area contributed by atoms with Crippen molar-refractivity contribution in [1.29, 1.82) is 5.26 Å². The van der Waals surface area contributed by atoms with Crippen LogP contribution in [0.1, 0.15) is 25.3 Å². The highest BCUT2D eigenvalue weighted by Gasteiger charge is 2.49. The molecule has 1 aliphatic rings. The molecule has 1 saturated carbocycles. The van der Waals surface area contributed by atoms with Crippen molar-refractivity contribution >= 4 is 33.1 Å². The lowest BCUT2D eigenvalue weighted by Gasteiger charge is -2.39. The number of benzene rings is 1. The molecule has 6 heteroatoms. The summed E-state index contributed by atoms with van der Waals surface area (Å²) in [7, 11) is 1.74. The molecule has 0 bridgehead atoms. The van der Waals surface area contributed by atoms with Gasteiger partial charge in [-0.05, 0) is 43.4 Å². The molecule has 1 N–H and O–H groups in total. The number of hydrogen-bond donors (Lipinski definition) is 1. The van der Waals surface area contributed by atoms with Crippen LogP contribution in [0.3, 0.4) is 0 Å². The highest BCUT2D eigenvalue weighted by Crippen LogP contribution is 2.45. The van der Waals surface area contributed by atoms with E-state index in [9.17, 15) is 14.9 Å². The normalized spacial score (nSPS) is 23.8. The van der Waals surface area contributed by atoms with E-state index in [-0.39, 0.29) is 10.8 Å². The van der Waals surface area contributed by atoms with Crippen molar-refractivity contribution in [2.45, 2.75) is 26.7 Å². The van der Waals surface area contributed by atoms with Gasteiger partial charge in [-0.3, -0.25) is 9.59 Å². The Kier molecular flexibility index (Phi) is 3.33. The first-order chi connectivity index (χ1) is 10.4. The molecule has 0 aliphatic heterocycles. The molecule has 0 atom stereocenters. The number of nitrogens with one attached hydrogen (secondary N) is 1. The molecule has 2 aromatic rings. The second kappa shape index (κ2) is 4.96. The van der Waals surface area contributed by atoms with Gasteiger partial charge in [0.2, 0.25) is 5.91 Å². The van der Waals surface area contributed by atoms with E-state index in [0.717, 1.165) is 27.1 Å². The Hall–Kier alpha value is -2.13. The van der Waals surface area contributed by atoms with Crippen LogP contribution < -0.4 is 10.2 Å². The SMILES string of the molecule is Cc1cc2c(cc1NC(=O)C1(C#N)CC(C)C1)sc(=O)n2C. The molecular weight excluding hydrogens is 298 g/mol. The fourth-order valence-electron chi connectivity index (χ4n) is 3.11. The van der Waals surface area contributed by atoms with Crippen molar-refractivity contribution in [3.8, 4) is 6.07 Å². The number of rotatable bonds is 2. The highest BCUT2D eigenvalue weighted by molar-refractivity contribution is 7.16. The van der Waals surface area contributed by atoms with Gasteiger partial charge in [0.15, 0.2) is 0 Å². The van der Waals surface area contributed by atoms with Crippen molar-refractivity contribution in [1.82, 2.24) is 4.57 Å². The van der Waals surface area contributed by atoms with Gasteiger partial charge in [0, 0.05) is 12.7 Å². The number of fused-ring (bicyclic) bond motifs is 1. The first-order valence-corrected chi connectivity index (χ1v) is 8.01. The van der Waals surface area contributed by atoms with Crippen LogP contribution in [-0.4, -0.2) is 10.5 Å². The standard InChI is InChI=1S/C16H17N3O2S/c1-9-6-16(7-9,8-17)14(20)18-11-5-13-12(4-10(11)2)19(3)15(21)22-13/h4-5,9H,6-7H2,1-3H3,(H,18,20). The first kappa shape index (κ1) is 14.8. The zero-order valence-electron chi connectivity index (χ0n) is 12.8. The van der Waals surface area contributed by atoms with Crippen LogP contribution in [0.25, 0.3) is 10.2 Å². The Bertz CT molecular complexity index is 866. The van der Waals surface area contributed by atoms with Crippen LogP contribution in [-0.2, 0) is 11.8 Å². The number of carbonyl (C=O) groups excluding carboxylic acids is 1. The van der Waals surface area contributed by atoms with Gasteiger partial charge in [-0.1, -0.05) is 18.3 Å². The summed E-state index contributed by atoms with van der Waals surface area (Å²) < 4.78 is 2.43. The van der Waals surface area contributed by atoms with Gasteiger partial charge in [-0.15, -0.1) is 0 Å². The summed E-state index contributed by atoms with van der Waals surface area (Å²) in [6.07, 6.45) is 1.21. The third-order valence-corrected chi connectivity index (χ3v) is 5.42. The monoisotopic (exact) mass is 315 g/mol. The summed E-state index contributed by atoms with van der Waals surface area (Å²) in [5.74, 6) is 0.173. The summed E-state index contributed by atoms with van der Waals surface area (Å²) in [6, 6.07) is 5.89.